The molecule has 0 aliphatic carbocycles. The molecule has 4 aromatic heterocycles. The van der Waals surface area contributed by atoms with E-state index in [4.69, 9.17) is 9.51 Å². The van der Waals surface area contributed by atoms with Gasteiger partial charge in [0.1, 0.15) is 4.88 Å². The Morgan fingerprint density at radius 1 is 1.16 bits per heavy atom. The van der Waals surface area contributed by atoms with Crippen molar-refractivity contribution in [1.29, 1.82) is 0 Å². The second-order valence-electron chi connectivity index (χ2n) is 6.74. The van der Waals surface area contributed by atoms with Crippen molar-refractivity contribution in [2.45, 2.75) is 24.4 Å². The number of rotatable bonds is 6. The minimum Gasteiger partial charge on any atom is -0.333 e. The van der Waals surface area contributed by atoms with E-state index in [-0.39, 0.29) is 5.56 Å². The molecule has 0 spiro atoms. The lowest BCUT2D eigenvalue weighted by Crippen LogP contribution is -2.24. The van der Waals surface area contributed by atoms with Gasteiger partial charge in [-0.05, 0) is 30.7 Å². The van der Waals surface area contributed by atoms with Crippen LogP contribution in [-0.2, 0) is 12.3 Å². The number of aryl methyl sites for hydroxylation is 1. The van der Waals surface area contributed by atoms with Gasteiger partial charge in [0, 0.05) is 12.4 Å². The minimum atomic E-state index is -0.0916. The highest BCUT2D eigenvalue weighted by molar-refractivity contribution is 7.98. The Morgan fingerprint density at radius 3 is 2.87 bits per heavy atom. The van der Waals surface area contributed by atoms with Crippen molar-refractivity contribution < 1.29 is 4.52 Å². The summed E-state index contributed by atoms with van der Waals surface area (Å²) >= 11 is 2.86. The zero-order valence-electron chi connectivity index (χ0n) is 16.4. The topological polar surface area (TPSA) is 99.6 Å². The fraction of sp³-hybridized carbons (Fsp3) is 0.143. The summed E-state index contributed by atoms with van der Waals surface area (Å²) in [6.07, 6.45) is 3.46. The number of nitrogens with zero attached hydrogens (tertiary/aromatic N) is 6. The first kappa shape index (κ1) is 19.6. The van der Waals surface area contributed by atoms with Gasteiger partial charge in [0.15, 0.2) is 11.0 Å². The third-order valence-electron chi connectivity index (χ3n) is 4.63. The highest BCUT2D eigenvalue weighted by Gasteiger charge is 2.16. The summed E-state index contributed by atoms with van der Waals surface area (Å²) in [5, 5.41) is 5.25. The van der Waals surface area contributed by atoms with Crippen LogP contribution in [0.15, 0.2) is 68.8 Å². The maximum absolute atomic E-state index is 13.2. The molecule has 0 saturated carbocycles. The standard InChI is InChI=1S/C21H16N6O2S2/c1-13-18(31-12-23-13)19-25-17(26-29-19)11-30-21-24-16-7-3-2-6-15(16)20(28)27(21)10-14-5-4-8-22-9-14/h2-9,12H,10-11H2,1H3. The summed E-state index contributed by atoms with van der Waals surface area (Å²) in [5.41, 5.74) is 4.09. The Bertz CT molecular complexity index is 1410. The van der Waals surface area contributed by atoms with E-state index in [0.717, 1.165) is 16.1 Å². The number of hydrogen-bond donors (Lipinski definition) is 0. The van der Waals surface area contributed by atoms with Gasteiger partial charge in [0.2, 0.25) is 0 Å². The van der Waals surface area contributed by atoms with E-state index in [1.54, 1.807) is 28.5 Å². The van der Waals surface area contributed by atoms with Crippen molar-refractivity contribution in [3.63, 3.8) is 0 Å². The van der Waals surface area contributed by atoms with Crippen molar-refractivity contribution in [2.24, 2.45) is 0 Å². The fourth-order valence-corrected chi connectivity index (χ4v) is 4.68. The molecule has 0 amide bonds. The summed E-state index contributed by atoms with van der Waals surface area (Å²) < 4.78 is 7.06. The van der Waals surface area contributed by atoms with Crippen LogP contribution in [0.3, 0.4) is 0 Å². The van der Waals surface area contributed by atoms with Gasteiger partial charge in [-0.15, -0.1) is 11.3 Å². The smallest absolute Gasteiger partial charge is 0.269 e. The van der Waals surface area contributed by atoms with E-state index < -0.39 is 0 Å². The Morgan fingerprint density at radius 2 is 2.06 bits per heavy atom. The Hall–Kier alpha value is -3.37. The fourth-order valence-electron chi connectivity index (χ4n) is 3.11. The first-order valence-corrected chi connectivity index (χ1v) is 11.3. The number of pyridine rings is 1. The Kier molecular flexibility index (Phi) is 5.31. The average Bonchev–Trinajstić information content (AvgIpc) is 3.44. The molecular formula is C21H16N6O2S2. The quantitative estimate of drug-likeness (QED) is 0.284. The van der Waals surface area contributed by atoms with E-state index >= 15 is 0 Å². The first-order valence-electron chi connectivity index (χ1n) is 9.43. The second kappa shape index (κ2) is 8.40. The largest absolute Gasteiger partial charge is 0.333 e. The van der Waals surface area contributed by atoms with Gasteiger partial charge in [-0.25, -0.2) is 9.97 Å². The predicted molar refractivity (Wildman–Crippen MR) is 119 cm³/mol. The molecule has 1 aromatic carbocycles. The molecule has 0 radical (unpaired) electrons. The van der Waals surface area contributed by atoms with Crippen LogP contribution in [-0.4, -0.2) is 29.7 Å². The van der Waals surface area contributed by atoms with E-state index in [1.165, 1.54) is 23.1 Å². The number of aromatic nitrogens is 6. The molecular weight excluding hydrogens is 432 g/mol. The number of para-hydroxylation sites is 1. The molecule has 0 saturated heterocycles. The normalized spacial score (nSPS) is 11.3. The van der Waals surface area contributed by atoms with Crippen LogP contribution < -0.4 is 5.56 Å². The van der Waals surface area contributed by atoms with Crippen LogP contribution in [0.4, 0.5) is 0 Å². The van der Waals surface area contributed by atoms with Crippen molar-refractivity contribution in [1.82, 2.24) is 29.7 Å². The zero-order valence-corrected chi connectivity index (χ0v) is 18.1. The van der Waals surface area contributed by atoms with E-state index in [0.29, 0.717) is 40.1 Å². The summed E-state index contributed by atoms with van der Waals surface area (Å²) in [5.74, 6) is 1.40. The third-order valence-corrected chi connectivity index (χ3v) is 6.52. The molecule has 0 atom stereocenters. The van der Waals surface area contributed by atoms with Crippen LogP contribution in [0.5, 0.6) is 0 Å². The van der Waals surface area contributed by atoms with Gasteiger partial charge in [0.25, 0.3) is 11.4 Å². The number of fused-ring (bicyclic) bond motifs is 1. The average molecular weight is 449 g/mol. The molecule has 0 fully saturated rings. The second-order valence-corrected chi connectivity index (χ2v) is 8.53. The molecule has 5 aromatic rings. The molecule has 4 heterocycles. The zero-order chi connectivity index (χ0) is 21.2. The van der Waals surface area contributed by atoms with Gasteiger partial charge < -0.3 is 4.52 Å². The molecule has 154 valence electrons. The van der Waals surface area contributed by atoms with Gasteiger partial charge in [0.05, 0.1) is 34.4 Å². The van der Waals surface area contributed by atoms with E-state index in [1.807, 2.05) is 37.3 Å². The number of hydrogen-bond acceptors (Lipinski definition) is 9. The molecule has 0 bridgehead atoms. The van der Waals surface area contributed by atoms with Crippen molar-refractivity contribution in [2.75, 3.05) is 0 Å². The number of thiazole rings is 1. The molecule has 31 heavy (non-hydrogen) atoms. The maximum Gasteiger partial charge on any atom is 0.269 e. The van der Waals surface area contributed by atoms with Crippen LogP contribution in [0.2, 0.25) is 0 Å². The molecule has 0 unspecified atom stereocenters. The van der Waals surface area contributed by atoms with Crippen LogP contribution in [0, 0.1) is 6.92 Å². The van der Waals surface area contributed by atoms with Crippen LogP contribution in [0.1, 0.15) is 17.1 Å². The van der Waals surface area contributed by atoms with E-state index in [2.05, 4.69) is 20.1 Å². The lowest BCUT2D eigenvalue weighted by molar-refractivity contribution is 0.425. The monoisotopic (exact) mass is 448 g/mol. The van der Waals surface area contributed by atoms with Crippen LogP contribution >= 0.6 is 23.1 Å². The predicted octanol–water partition coefficient (Wildman–Crippen LogP) is 3.95. The van der Waals surface area contributed by atoms with Crippen molar-refractivity contribution in [3.8, 4) is 10.8 Å². The molecule has 5 rings (SSSR count). The summed E-state index contributed by atoms with van der Waals surface area (Å²) in [7, 11) is 0. The van der Waals surface area contributed by atoms with Crippen molar-refractivity contribution >= 4 is 34.0 Å². The molecule has 0 N–H and O–H groups in total. The summed E-state index contributed by atoms with van der Waals surface area (Å²) in [4.78, 5) is 31.6. The highest BCUT2D eigenvalue weighted by atomic mass is 32.2. The third kappa shape index (κ3) is 3.99. The Balaban J connectivity index is 1.47. The summed E-state index contributed by atoms with van der Waals surface area (Å²) in [6, 6.07) is 11.1. The van der Waals surface area contributed by atoms with Gasteiger partial charge in [-0.1, -0.05) is 35.1 Å². The molecule has 0 aliphatic rings. The number of thioether (sulfide) groups is 1. The molecule has 0 aliphatic heterocycles. The highest BCUT2D eigenvalue weighted by Crippen LogP contribution is 2.27. The summed E-state index contributed by atoms with van der Waals surface area (Å²) in [6.45, 7) is 2.28. The Labute approximate surface area is 185 Å². The first-order chi connectivity index (χ1) is 15.2. The van der Waals surface area contributed by atoms with Gasteiger partial charge in [-0.2, -0.15) is 4.98 Å². The van der Waals surface area contributed by atoms with Gasteiger partial charge >= 0.3 is 0 Å². The van der Waals surface area contributed by atoms with Gasteiger partial charge in [-0.3, -0.25) is 14.3 Å². The molecule has 8 nitrogen and oxygen atoms in total. The molecule has 10 heteroatoms. The minimum absolute atomic E-state index is 0.0916. The number of benzene rings is 1. The van der Waals surface area contributed by atoms with Crippen molar-refractivity contribution in [3.05, 3.63) is 81.7 Å². The lowest BCUT2D eigenvalue weighted by Gasteiger charge is -2.12. The lowest BCUT2D eigenvalue weighted by atomic mass is 10.2. The van der Waals surface area contributed by atoms with E-state index in [9.17, 15) is 4.79 Å². The SMILES string of the molecule is Cc1ncsc1-c1nc(CSc2nc3ccccc3c(=O)n2Cc2cccnc2)no1. The maximum atomic E-state index is 13.2. The van der Waals surface area contributed by atoms with Crippen LogP contribution in [0.25, 0.3) is 21.7 Å².